The van der Waals surface area contributed by atoms with Crippen molar-refractivity contribution in [3.63, 3.8) is 0 Å². The fraction of sp³-hybridized carbons (Fsp3) is 0.231. The smallest absolute Gasteiger partial charge is 0.159 e. The Morgan fingerprint density at radius 2 is 1.83 bits per heavy atom. The Bertz CT molecular complexity index is 1770. The van der Waals surface area contributed by atoms with E-state index >= 15 is 4.39 Å². The summed E-state index contributed by atoms with van der Waals surface area (Å²) in [6.07, 6.45) is 4.75. The van der Waals surface area contributed by atoms with Gasteiger partial charge in [-0.1, -0.05) is 24.3 Å². The van der Waals surface area contributed by atoms with Crippen LogP contribution in [0.15, 0.2) is 61.1 Å². The first-order valence-corrected chi connectivity index (χ1v) is 14.2. The predicted molar refractivity (Wildman–Crippen MR) is 131 cm³/mol. The lowest BCUT2D eigenvalue weighted by atomic mass is 9.63. The highest BCUT2D eigenvalue weighted by Crippen LogP contribution is 2.69. The maximum atomic E-state index is 15.5. The highest BCUT2D eigenvalue weighted by Gasteiger charge is 2.71. The van der Waals surface area contributed by atoms with Crippen LogP contribution in [0.1, 0.15) is 24.2 Å². The molecule has 6 heterocycles. The molecule has 0 radical (unpaired) electrons. The van der Waals surface area contributed by atoms with Crippen molar-refractivity contribution in [3.8, 4) is 22.5 Å². The monoisotopic (exact) mass is 482 g/mol. The molecule has 7 nitrogen and oxygen atoms in total. The average molecular weight is 482 g/mol. The molecule has 1 saturated carbocycles. The van der Waals surface area contributed by atoms with E-state index in [2.05, 4.69) is 25.7 Å². The van der Waals surface area contributed by atoms with Crippen molar-refractivity contribution in [1.82, 2.24) is 29.3 Å². The van der Waals surface area contributed by atoms with Crippen molar-refractivity contribution in [2.24, 2.45) is 0 Å². The first-order chi connectivity index (χ1) is 16.8. The third kappa shape index (κ3) is 2.20. The summed E-state index contributed by atoms with van der Waals surface area (Å²) in [5.74, 6) is 1.40. The lowest BCUT2D eigenvalue weighted by Gasteiger charge is -2.45. The molecule has 3 aliphatic heterocycles. The van der Waals surface area contributed by atoms with E-state index < -0.39 is 18.2 Å². The molecule has 0 unspecified atom stereocenters. The van der Waals surface area contributed by atoms with Gasteiger partial charge in [0.2, 0.25) is 0 Å². The second-order valence-electron chi connectivity index (χ2n) is 10.3. The van der Waals surface area contributed by atoms with Gasteiger partial charge in [-0.15, -0.1) is 0 Å². The lowest BCUT2D eigenvalue weighted by molar-refractivity contribution is 0.104. The van der Waals surface area contributed by atoms with E-state index in [-0.39, 0.29) is 5.82 Å². The Kier molecular flexibility index (Phi) is 3.34. The number of pyridine rings is 1. The topological polar surface area (TPSA) is 78.5 Å². The van der Waals surface area contributed by atoms with Gasteiger partial charge in [0.1, 0.15) is 30.6 Å². The number of hydrogen-bond acceptors (Lipinski definition) is 5. The van der Waals surface area contributed by atoms with Crippen molar-refractivity contribution in [3.05, 3.63) is 78.3 Å². The van der Waals surface area contributed by atoms with Crippen LogP contribution in [-0.2, 0) is 15.6 Å². The molecule has 9 rings (SSSR count). The third-order valence-corrected chi connectivity index (χ3v) is 9.34. The molecule has 0 spiro atoms. The molecule has 0 atom stereocenters. The fourth-order valence-electron chi connectivity index (χ4n) is 6.56. The SMILES string of the molecule is CP(C)(=O)c1ccc(-c2ccc3nc4n(c3c2)C23CC4(C2)n2ncnc2-c2cccc(F)c23)cn1. The summed E-state index contributed by atoms with van der Waals surface area (Å²) >= 11 is 0. The first kappa shape index (κ1) is 19.6. The zero-order valence-corrected chi connectivity index (χ0v) is 20.0. The van der Waals surface area contributed by atoms with Crippen molar-refractivity contribution in [1.29, 1.82) is 0 Å². The summed E-state index contributed by atoms with van der Waals surface area (Å²) in [5, 5.41) is 4.59. The number of benzene rings is 2. The number of hydrogen-bond donors (Lipinski definition) is 0. The molecule has 2 aromatic carbocycles. The van der Waals surface area contributed by atoms with Gasteiger partial charge in [0, 0.05) is 35.7 Å². The summed E-state index contributed by atoms with van der Waals surface area (Å²) in [6.45, 7) is 3.44. The van der Waals surface area contributed by atoms with Crippen molar-refractivity contribution in [2.45, 2.75) is 23.9 Å². The van der Waals surface area contributed by atoms with E-state index in [1.165, 1.54) is 6.07 Å². The Morgan fingerprint density at radius 3 is 2.60 bits per heavy atom. The molecule has 1 fully saturated rings. The van der Waals surface area contributed by atoms with Crippen LogP contribution in [0.2, 0.25) is 0 Å². The molecule has 2 bridgehead atoms. The maximum absolute atomic E-state index is 15.5. The summed E-state index contributed by atoms with van der Waals surface area (Å²) < 4.78 is 32.1. The zero-order valence-electron chi connectivity index (χ0n) is 19.1. The molecule has 4 aliphatic rings. The minimum Gasteiger partial charge on any atom is -0.318 e. The van der Waals surface area contributed by atoms with Crippen LogP contribution in [0, 0.1) is 5.82 Å². The van der Waals surface area contributed by atoms with Crippen LogP contribution < -0.4 is 5.44 Å². The number of imidazole rings is 1. The number of rotatable bonds is 2. The number of nitrogens with zero attached hydrogens (tertiary/aromatic N) is 6. The van der Waals surface area contributed by atoms with Gasteiger partial charge in [0.05, 0.1) is 22.0 Å². The van der Waals surface area contributed by atoms with Crippen LogP contribution >= 0.6 is 7.14 Å². The minimum absolute atomic E-state index is 0.221. The van der Waals surface area contributed by atoms with Crippen LogP contribution in [0.5, 0.6) is 0 Å². The Labute approximate surface area is 200 Å². The quantitative estimate of drug-likeness (QED) is 0.350. The third-order valence-electron chi connectivity index (χ3n) is 7.97. The van der Waals surface area contributed by atoms with Crippen LogP contribution in [0.3, 0.4) is 0 Å². The molecule has 0 amide bonds. The van der Waals surface area contributed by atoms with Crippen molar-refractivity contribution >= 4 is 23.6 Å². The van der Waals surface area contributed by atoms with Gasteiger partial charge in [-0.3, -0.25) is 4.98 Å². The molecule has 5 aromatic rings. The van der Waals surface area contributed by atoms with Crippen molar-refractivity contribution < 1.29 is 8.96 Å². The molecule has 3 aromatic heterocycles. The van der Waals surface area contributed by atoms with Crippen LogP contribution in [-0.4, -0.2) is 42.6 Å². The van der Waals surface area contributed by atoms with Crippen molar-refractivity contribution in [2.75, 3.05) is 13.3 Å². The molecule has 0 saturated heterocycles. The van der Waals surface area contributed by atoms with Gasteiger partial charge in [-0.25, -0.2) is 19.0 Å². The second-order valence-corrected chi connectivity index (χ2v) is 13.5. The lowest BCUT2D eigenvalue weighted by Crippen LogP contribution is -2.50. The number of fused-ring (bicyclic) bond motifs is 4. The largest absolute Gasteiger partial charge is 0.318 e. The van der Waals surface area contributed by atoms with Crippen LogP contribution in [0.25, 0.3) is 33.5 Å². The number of halogens is 1. The van der Waals surface area contributed by atoms with E-state index in [9.17, 15) is 4.57 Å². The first-order valence-electron chi connectivity index (χ1n) is 11.6. The molecular weight excluding hydrogens is 462 g/mol. The molecule has 35 heavy (non-hydrogen) atoms. The molecule has 1 aliphatic carbocycles. The summed E-state index contributed by atoms with van der Waals surface area (Å²) in [5.41, 5.74) is 4.91. The fourth-order valence-corrected chi connectivity index (χ4v) is 7.33. The van der Waals surface area contributed by atoms with Gasteiger partial charge in [0.25, 0.3) is 0 Å². The van der Waals surface area contributed by atoms with Gasteiger partial charge in [-0.05, 0) is 43.2 Å². The summed E-state index contributed by atoms with van der Waals surface area (Å²) in [4.78, 5) is 14.0. The highest BCUT2D eigenvalue weighted by molar-refractivity contribution is 7.69. The zero-order chi connectivity index (χ0) is 23.7. The van der Waals surface area contributed by atoms with E-state index in [1.807, 2.05) is 35.0 Å². The van der Waals surface area contributed by atoms with E-state index in [0.29, 0.717) is 29.7 Å². The standard InChI is InChI=1S/C26H20FN6OP/c1-35(2,34)21-9-7-16(11-28-21)15-6-8-19-20(10-15)32-24(31-19)26-12-25(32,13-26)22-17(4-3-5-18(22)27)23-29-14-30-33(23)26/h3-11,14H,12-13H2,1-2H3. The summed E-state index contributed by atoms with van der Waals surface area (Å²) in [6, 6.07) is 15.2. The maximum Gasteiger partial charge on any atom is 0.159 e. The minimum atomic E-state index is -2.42. The van der Waals surface area contributed by atoms with E-state index in [4.69, 9.17) is 4.98 Å². The van der Waals surface area contributed by atoms with Gasteiger partial charge in [-0.2, -0.15) is 5.10 Å². The number of aromatic nitrogens is 6. The Hall–Kier alpha value is -3.64. The second kappa shape index (κ2) is 5.94. The van der Waals surface area contributed by atoms with Gasteiger partial charge in [0.15, 0.2) is 5.82 Å². The Balaban J connectivity index is 1.38. The van der Waals surface area contributed by atoms with Crippen LogP contribution in [0.4, 0.5) is 4.39 Å². The molecule has 172 valence electrons. The molecule has 0 N–H and O–H groups in total. The molecular formula is C26H20FN6OP. The van der Waals surface area contributed by atoms with E-state index in [1.54, 1.807) is 31.9 Å². The van der Waals surface area contributed by atoms with Gasteiger partial charge < -0.3 is 9.13 Å². The highest BCUT2D eigenvalue weighted by atomic mass is 31.2. The normalized spacial score (nSPS) is 23.4. The van der Waals surface area contributed by atoms with E-state index in [0.717, 1.165) is 33.5 Å². The summed E-state index contributed by atoms with van der Waals surface area (Å²) in [7, 11) is -2.42. The average Bonchev–Trinajstić information content (AvgIpc) is 3.52. The molecule has 9 heteroatoms. The van der Waals surface area contributed by atoms with Gasteiger partial charge >= 0.3 is 0 Å². The Morgan fingerprint density at radius 1 is 1.00 bits per heavy atom. The predicted octanol–water partition coefficient (Wildman–Crippen LogP) is 4.35.